The van der Waals surface area contributed by atoms with Crippen molar-refractivity contribution in [2.45, 2.75) is 106 Å². The average molecular weight is 1120 g/mol. The molecule has 6 nitrogen and oxygen atoms in total. The Morgan fingerprint density at radius 2 is 1.20 bits per heavy atom. The van der Waals surface area contributed by atoms with Crippen molar-refractivity contribution in [2.24, 2.45) is 17.8 Å². The first-order valence-corrected chi connectivity index (χ1v) is 24.1. The zero-order valence-electron chi connectivity index (χ0n) is 33.2. The number of nitrogens with one attached hydrogen (secondary N) is 2. The minimum absolute atomic E-state index is 0. The number of nitrogens with zero attached hydrogens (tertiary/aromatic N) is 4. The van der Waals surface area contributed by atoms with Crippen LogP contribution in [0.1, 0.15) is 83.8 Å². The van der Waals surface area contributed by atoms with Crippen molar-refractivity contribution in [3.8, 4) is 0 Å². The van der Waals surface area contributed by atoms with Gasteiger partial charge < -0.3 is 43.0 Å². The van der Waals surface area contributed by atoms with Crippen LogP contribution in [0.15, 0.2) is 60.7 Å². The number of halogens is 3. The van der Waals surface area contributed by atoms with Crippen molar-refractivity contribution in [3.05, 3.63) is 76.2 Å². The van der Waals surface area contributed by atoms with Crippen molar-refractivity contribution in [3.63, 3.8) is 0 Å². The molecule has 8 rings (SSSR count). The second-order valence-electron chi connectivity index (χ2n) is 15.7. The van der Waals surface area contributed by atoms with Gasteiger partial charge in [-0.15, -0.1) is 0 Å². The Labute approximate surface area is 385 Å². The molecule has 1 radical (unpaired) electrons. The van der Waals surface area contributed by atoms with Gasteiger partial charge in [0.1, 0.15) is 0 Å². The van der Waals surface area contributed by atoms with Gasteiger partial charge in [-0.05, 0) is 114 Å². The van der Waals surface area contributed by atoms with Crippen LogP contribution < -0.4 is 10.6 Å². The first-order chi connectivity index (χ1) is 25.3. The zero-order chi connectivity index (χ0) is 37.1. The Bertz CT molecular complexity index is 1180. The predicted molar refractivity (Wildman–Crippen MR) is 257 cm³/mol. The third-order valence-electron chi connectivity index (χ3n) is 11.7. The van der Waals surface area contributed by atoms with Gasteiger partial charge >= 0.3 is 0 Å². The van der Waals surface area contributed by atoms with Crippen LogP contribution in [0.4, 0.5) is 0 Å². The number of piperidine rings is 3. The van der Waals surface area contributed by atoms with E-state index in [1.807, 2.05) is 0 Å². The molecule has 307 valence electrons. The number of likely N-dealkylation sites (tertiary alicyclic amines) is 4. The molecular weight excluding hydrogens is 1040 g/mol. The molecule has 0 amide bonds. The van der Waals surface area contributed by atoms with Gasteiger partial charge in [0.25, 0.3) is 0 Å². The Balaban J connectivity index is 0.000000253. The maximum absolute atomic E-state index is 3.66. The van der Waals surface area contributed by atoms with E-state index < -0.39 is 0 Å². The molecule has 0 aromatic heterocycles. The summed E-state index contributed by atoms with van der Waals surface area (Å²) in [5.41, 5.74) is 2.90. The predicted octanol–water partition coefficient (Wildman–Crippen LogP) is 9.60. The summed E-state index contributed by atoms with van der Waals surface area (Å²) >= 11 is 7.01. The molecule has 6 saturated heterocycles. The summed E-state index contributed by atoms with van der Waals surface area (Å²) in [5, 5.41) is 7.11. The molecule has 54 heavy (non-hydrogen) atoms. The van der Waals surface area contributed by atoms with Crippen LogP contribution in [-0.2, 0) is 31.6 Å². The molecule has 2 N–H and O–H groups in total. The van der Waals surface area contributed by atoms with Crippen LogP contribution in [0, 0.1) is 22.2 Å². The average Bonchev–Trinajstić information content (AvgIpc) is 3.93. The quantitative estimate of drug-likeness (QED) is 0.171. The summed E-state index contributed by atoms with van der Waals surface area (Å²) in [5.74, 6) is 2.77. The van der Waals surface area contributed by atoms with Gasteiger partial charge in [-0.3, -0.25) is 14.2 Å². The smallest absolute Gasteiger partial charge is 0.0624 e. The summed E-state index contributed by atoms with van der Waals surface area (Å²) in [6, 6.07) is 24.1. The van der Waals surface area contributed by atoms with Crippen LogP contribution in [0.25, 0.3) is 0 Å². The van der Waals surface area contributed by atoms with Gasteiger partial charge in [-0.1, -0.05) is 127 Å². The third-order valence-corrected chi connectivity index (χ3v) is 14.4. The van der Waals surface area contributed by atoms with E-state index >= 15 is 0 Å². The number of hydrogen-bond acceptors (Lipinski definition) is 6. The molecule has 6 unspecified atom stereocenters. The van der Waals surface area contributed by atoms with Gasteiger partial charge in [0, 0.05) is 82.5 Å². The van der Waals surface area contributed by atoms with E-state index in [1.54, 1.807) is 0 Å². The molecule has 0 saturated carbocycles. The Hall–Kier alpha value is 0.974. The largest absolute Gasteiger partial charge is 0.316 e. The molecule has 6 aliphatic rings. The Morgan fingerprint density at radius 3 is 1.70 bits per heavy atom. The van der Waals surface area contributed by atoms with E-state index in [9.17, 15) is 0 Å². The maximum atomic E-state index is 3.66. The van der Waals surface area contributed by atoms with Crippen molar-refractivity contribution in [1.29, 1.82) is 0 Å². The molecular formula is C44H74I3N6V-. The van der Waals surface area contributed by atoms with Crippen molar-refractivity contribution >= 4 is 67.8 Å². The summed E-state index contributed by atoms with van der Waals surface area (Å²) < 4.78 is 2.92. The first kappa shape index (κ1) is 51.1. The summed E-state index contributed by atoms with van der Waals surface area (Å²) in [7, 11) is 4.55. The fraction of sp³-hybridized carbons (Fsp3) is 0.705. The van der Waals surface area contributed by atoms with Crippen LogP contribution in [0.3, 0.4) is 0 Å². The Morgan fingerprint density at radius 1 is 0.704 bits per heavy atom. The van der Waals surface area contributed by atoms with Crippen LogP contribution in [0.2, 0.25) is 0 Å². The SMILES string of the molecule is C.CCC(I)I.CC[CH-]I.CN1CCCC2CN(Cc3ccccc3)CC21.CN1CCCC2CNCC21.[V].c1ccc(CN2CC3CCCNC3C2)cc1. The number of fused-ring (bicyclic) bond motifs is 3. The van der Waals surface area contributed by atoms with Crippen molar-refractivity contribution in [2.75, 3.05) is 73.0 Å². The topological polar surface area (TPSA) is 37.0 Å². The Kier molecular flexibility index (Phi) is 27.7. The molecule has 2 aromatic carbocycles. The van der Waals surface area contributed by atoms with Gasteiger partial charge in [0.15, 0.2) is 0 Å². The summed E-state index contributed by atoms with van der Waals surface area (Å²) in [4.78, 5) is 10.3. The van der Waals surface area contributed by atoms with Crippen LogP contribution >= 0.6 is 67.8 Å². The maximum Gasteiger partial charge on any atom is 0.0624 e. The number of likely N-dealkylation sites (N-methyl/N-ethyl adjacent to an activating group) is 2. The molecule has 0 bridgehead atoms. The summed E-state index contributed by atoms with van der Waals surface area (Å²) in [6.07, 6.45) is 10.9. The molecule has 0 spiro atoms. The number of hydrogen-bond donors (Lipinski definition) is 2. The van der Waals surface area contributed by atoms with Crippen LogP contribution in [0.5, 0.6) is 0 Å². The second kappa shape index (κ2) is 29.2. The van der Waals surface area contributed by atoms with Gasteiger partial charge in [0.05, 0.1) is 1.93 Å². The van der Waals surface area contributed by atoms with Gasteiger partial charge in [0.2, 0.25) is 0 Å². The third kappa shape index (κ3) is 18.1. The van der Waals surface area contributed by atoms with E-state index in [4.69, 9.17) is 0 Å². The fourth-order valence-corrected chi connectivity index (χ4v) is 8.87. The van der Waals surface area contributed by atoms with E-state index in [1.165, 1.54) is 121 Å². The molecule has 10 heteroatoms. The number of rotatable bonds is 6. The van der Waals surface area contributed by atoms with E-state index in [0.29, 0.717) is 0 Å². The van der Waals surface area contributed by atoms with Gasteiger partial charge in [-0.2, -0.15) is 6.42 Å². The van der Waals surface area contributed by atoms with E-state index in [0.717, 1.165) is 50.9 Å². The number of alkyl halides is 2. The molecule has 6 atom stereocenters. The standard InChI is InChI=1S/C15H22N2.C14H20N2.C8H16N2.C3H6I2.C3H6I.CH4.V/c1-16-9-5-8-14-11-17(12-15(14)16)10-13-6-3-2-4-7-13;1-2-5-12(6-3-1)9-16-10-13-7-4-8-15-14(13)11-16;1-10-4-2-3-7-5-9-6-8(7)10;1-2-3(4)5;1-2-3-4;;/h2-4,6-7,14-15H,5,8-12H2,1H3;1-3,5-6,13-15H,4,7-11H2;7-9H,2-6H2,1H3;3H,2H2,1H3;3H,2H2,1H3;1H4;/q;;;;-1;;. The second-order valence-corrected chi connectivity index (χ2v) is 22.0. The fourth-order valence-electron chi connectivity index (χ4n) is 8.87. The normalized spacial score (nSPS) is 27.7. The molecule has 6 heterocycles. The van der Waals surface area contributed by atoms with E-state index in [-0.39, 0.29) is 26.0 Å². The minimum atomic E-state index is 0. The zero-order valence-corrected chi connectivity index (χ0v) is 41.1. The molecule has 6 fully saturated rings. The van der Waals surface area contributed by atoms with Gasteiger partial charge in [-0.25, -0.2) is 0 Å². The molecule has 2 aromatic rings. The minimum Gasteiger partial charge on any atom is -0.316 e. The molecule has 0 aliphatic carbocycles. The van der Waals surface area contributed by atoms with Crippen LogP contribution in [-0.4, -0.2) is 113 Å². The summed E-state index contributed by atoms with van der Waals surface area (Å²) in [6.45, 7) is 17.9. The monoisotopic (exact) mass is 1120 g/mol. The first-order valence-electron chi connectivity index (χ1n) is 20.4. The van der Waals surface area contributed by atoms with Crippen molar-refractivity contribution in [1.82, 2.24) is 30.2 Å². The van der Waals surface area contributed by atoms with Crippen molar-refractivity contribution < 1.29 is 18.6 Å². The molecule has 6 aliphatic heterocycles. The van der Waals surface area contributed by atoms with E-state index in [2.05, 4.69) is 191 Å². The number of benzene rings is 2.